The van der Waals surface area contributed by atoms with Gasteiger partial charge in [0.15, 0.2) is 6.61 Å². The van der Waals surface area contributed by atoms with E-state index in [1.54, 1.807) is 24.3 Å². The van der Waals surface area contributed by atoms with E-state index in [1.807, 2.05) is 0 Å². The van der Waals surface area contributed by atoms with Gasteiger partial charge in [-0.2, -0.15) is 0 Å². The van der Waals surface area contributed by atoms with Crippen molar-refractivity contribution in [2.75, 3.05) is 0 Å². The van der Waals surface area contributed by atoms with Gasteiger partial charge in [-0.1, -0.05) is 11.6 Å². The molecule has 1 aliphatic rings. The third-order valence-electron chi connectivity index (χ3n) is 5.20. The Balaban J connectivity index is 1.24. The van der Waals surface area contributed by atoms with Gasteiger partial charge in [0.05, 0.1) is 12.4 Å². The quantitative estimate of drug-likeness (QED) is 0.550. The predicted octanol–water partition coefficient (Wildman–Crippen LogP) is 4.49. The molecule has 1 fully saturated rings. The Morgan fingerprint density at radius 3 is 2.53 bits per heavy atom. The van der Waals surface area contributed by atoms with Crippen LogP contribution >= 0.6 is 11.6 Å². The first-order valence-electron chi connectivity index (χ1n) is 10.1. The maximum absolute atomic E-state index is 12.6. The Bertz CT molecular complexity index is 1040. The highest BCUT2D eigenvalue weighted by atomic mass is 35.5. The first kappa shape index (κ1) is 22.1. The van der Waals surface area contributed by atoms with E-state index in [0.717, 1.165) is 38.1 Å². The Labute approximate surface area is 187 Å². The molecule has 0 bridgehead atoms. The number of aromatic nitrogens is 4. The summed E-state index contributed by atoms with van der Waals surface area (Å²) in [6.07, 6.45) is 2.23. The number of halogens is 3. The van der Waals surface area contributed by atoms with E-state index in [1.165, 1.54) is 0 Å². The highest BCUT2D eigenvalue weighted by Crippen LogP contribution is 2.32. The Hall–Kier alpha value is -3.14. The van der Waals surface area contributed by atoms with Gasteiger partial charge >= 0.3 is 0 Å². The van der Waals surface area contributed by atoms with Crippen LogP contribution in [0.1, 0.15) is 66.0 Å². The van der Waals surface area contributed by atoms with Crippen LogP contribution in [-0.4, -0.2) is 32.1 Å². The summed E-state index contributed by atoms with van der Waals surface area (Å²) in [5.41, 5.74) is -0.446. The van der Waals surface area contributed by atoms with Gasteiger partial charge < -0.3 is 14.5 Å². The Kier molecular flexibility index (Phi) is 6.89. The smallest absolute Gasteiger partial charge is 0.281 e. The molecule has 8 nitrogen and oxygen atoms in total. The maximum Gasteiger partial charge on any atom is 0.281 e. The molecule has 11 heteroatoms. The summed E-state index contributed by atoms with van der Waals surface area (Å²) in [5, 5.41) is 11.7. The number of carbonyl (C=O) groups is 1. The molecule has 0 spiro atoms. The van der Waals surface area contributed by atoms with Crippen LogP contribution < -0.4 is 10.1 Å². The van der Waals surface area contributed by atoms with Gasteiger partial charge in [-0.15, -0.1) is 10.2 Å². The normalized spacial score (nSPS) is 18.5. The van der Waals surface area contributed by atoms with Gasteiger partial charge in [-0.25, -0.2) is 13.8 Å². The minimum Gasteiger partial charge on any atom is -0.484 e. The zero-order chi connectivity index (χ0) is 22.5. The van der Waals surface area contributed by atoms with E-state index in [9.17, 15) is 13.6 Å². The number of benzene rings is 1. The lowest BCUT2D eigenvalue weighted by Crippen LogP contribution is -2.37. The Morgan fingerprint density at radius 2 is 1.88 bits per heavy atom. The standard InChI is InChI=1S/C21H20ClF2N5O3/c22-13-3-7-15(8-4-13)31-11-18-28-29-21(32-18)12-1-5-14(6-2-12)27-20(30)17-10-25-16(9-26-17)19(23)24/h3-4,7-10,12,14,19H,1-2,5-6,11H2,(H,27,30)/t12-,14-. The SMILES string of the molecule is O=C(N[C@H]1CC[C@H](c2nnc(COc3ccc(Cl)cc3)o2)CC1)c1cnc(C(F)F)cn1. The number of amides is 1. The molecule has 32 heavy (non-hydrogen) atoms. The number of alkyl halides is 2. The van der Waals surface area contributed by atoms with Gasteiger partial charge in [0, 0.05) is 17.0 Å². The molecule has 168 valence electrons. The van der Waals surface area contributed by atoms with E-state index in [4.69, 9.17) is 20.8 Å². The summed E-state index contributed by atoms with van der Waals surface area (Å²) >= 11 is 5.85. The van der Waals surface area contributed by atoms with E-state index in [0.29, 0.717) is 22.6 Å². The first-order chi connectivity index (χ1) is 15.5. The van der Waals surface area contributed by atoms with E-state index in [-0.39, 0.29) is 24.3 Å². The van der Waals surface area contributed by atoms with Crippen molar-refractivity contribution in [3.05, 3.63) is 64.9 Å². The maximum atomic E-state index is 12.6. The fourth-order valence-electron chi connectivity index (χ4n) is 3.48. The average Bonchev–Trinajstić information content (AvgIpc) is 3.28. The van der Waals surface area contributed by atoms with Crippen LogP contribution in [0.25, 0.3) is 0 Å². The van der Waals surface area contributed by atoms with Crippen LogP contribution in [0.2, 0.25) is 5.02 Å². The zero-order valence-electron chi connectivity index (χ0n) is 16.9. The summed E-state index contributed by atoms with van der Waals surface area (Å²) in [6, 6.07) is 6.93. The summed E-state index contributed by atoms with van der Waals surface area (Å²) in [6.45, 7) is 0.158. The number of carbonyl (C=O) groups excluding carboxylic acids is 1. The summed E-state index contributed by atoms with van der Waals surface area (Å²) in [4.78, 5) is 19.6. The highest BCUT2D eigenvalue weighted by Gasteiger charge is 2.27. The fourth-order valence-corrected chi connectivity index (χ4v) is 3.60. The molecule has 0 atom stereocenters. The molecule has 3 aromatic rings. The highest BCUT2D eigenvalue weighted by molar-refractivity contribution is 6.30. The molecule has 1 aromatic carbocycles. The molecular weight excluding hydrogens is 444 g/mol. The van der Waals surface area contributed by atoms with Crippen molar-refractivity contribution in [3.8, 4) is 5.75 Å². The minimum absolute atomic E-state index is 0.0127. The number of nitrogens with one attached hydrogen (secondary N) is 1. The van der Waals surface area contributed by atoms with Crippen LogP contribution in [0.15, 0.2) is 41.1 Å². The third-order valence-corrected chi connectivity index (χ3v) is 5.45. The number of hydrogen-bond donors (Lipinski definition) is 1. The molecular formula is C21H20ClF2N5O3. The van der Waals surface area contributed by atoms with Gasteiger partial charge in [0.2, 0.25) is 5.89 Å². The summed E-state index contributed by atoms with van der Waals surface area (Å²) < 4.78 is 36.5. The molecule has 2 heterocycles. The molecule has 1 N–H and O–H groups in total. The van der Waals surface area contributed by atoms with Crippen molar-refractivity contribution in [1.82, 2.24) is 25.5 Å². The van der Waals surface area contributed by atoms with Crippen molar-refractivity contribution in [2.24, 2.45) is 0 Å². The number of ether oxygens (including phenoxy) is 1. The fraction of sp³-hybridized carbons (Fsp3) is 0.381. The lowest BCUT2D eigenvalue weighted by molar-refractivity contribution is 0.0918. The third kappa shape index (κ3) is 5.56. The molecule has 2 aromatic heterocycles. The van der Waals surface area contributed by atoms with E-state index in [2.05, 4.69) is 25.5 Å². The van der Waals surface area contributed by atoms with Crippen molar-refractivity contribution >= 4 is 17.5 Å². The van der Waals surface area contributed by atoms with Gasteiger partial charge in [0.25, 0.3) is 18.2 Å². The minimum atomic E-state index is -2.72. The second kappa shape index (κ2) is 9.99. The van der Waals surface area contributed by atoms with Crippen LogP contribution in [0, 0.1) is 0 Å². The molecule has 4 rings (SSSR count). The van der Waals surface area contributed by atoms with Gasteiger partial charge in [0.1, 0.15) is 17.1 Å². The Morgan fingerprint density at radius 1 is 1.12 bits per heavy atom. The van der Waals surface area contributed by atoms with Gasteiger partial charge in [-0.05, 0) is 49.9 Å². The van der Waals surface area contributed by atoms with Crippen LogP contribution in [-0.2, 0) is 6.61 Å². The number of nitrogens with zero attached hydrogens (tertiary/aromatic N) is 4. The topological polar surface area (TPSA) is 103 Å². The second-order valence-electron chi connectivity index (χ2n) is 7.43. The monoisotopic (exact) mass is 463 g/mol. The van der Waals surface area contributed by atoms with Crippen molar-refractivity contribution in [1.29, 1.82) is 0 Å². The van der Waals surface area contributed by atoms with E-state index < -0.39 is 18.0 Å². The molecule has 0 saturated heterocycles. The summed E-state index contributed by atoms with van der Waals surface area (Å²) in [7, 11) is 0. The lowest BCUT2D eigenvalue weighted by Gasteiger charge is -2.27. The second-order valence-corrected chi connectivity index (χ2v) is 7.86. The van der Waals surface area contributed by atoms with Crippen molar-refractivity contribution in [2.45, 2.75) is 50.7 Å². The largest absolute Gasteiger partial charge is 0.484 e. The number of rotatable bonds is 7. The molecule has 1 amide bonds. The number of hydrogen-bond acceptors (Lipinski definition) is 7. The average molecular weight is 464 g/mol. The van der Waals surface area contributed by atoms with Crippen LogP contribution in [0.3, 0.4) is 0 Å². The van der Waals surface area contributed by atoms with Crippen molar-refractivity contribution in [3.63, 3.8) is 0 Å². The summed E-state index contributed by atoms with van der Waals surface area (Å²) in [5.74, 6) is 1.26. The van der Waals surface area contributed by atoms with E-state index >= 15 is 0 Å². The van der Waals surface area contributed by atoms with Crippen molar-refractivity contribution < 1.29 is 22.7 Å². The molecule has 0 aliphatic heterocycles. The first-order valence-corrected chi connectivity index (χ1v) is 10.5. The predicted molar refractivity (Wildman–Crippen MR) is 110 cm³/mol. The molecule has 0 unspecified atom stereocenters. The zero-order valence-corrected chi connectivity index (χ0v) is 17.6. The van der Waals surface area contributed by atoms with Crippen LogP contribution in [0.5, 0.6) is 5.75 Å². The lowest BCUT2D eigenvalue weighted by atomic mass is 9.86. The molecule has 1 saturated carbocycles. The van der Waals surface area contributed by atoms with Crippen LogP contribution in [0.4, 0.5) is 8.78 Å². The molecule has 0 radical (unpaired) electrons. The van der Waals surface area contributed by atoms with Gasteiger partial charge in [-0.3, -0.25) is 9.78 Å². The molecule has 1 aliphatic carbocycles.